The number of piperidine rings is 1. The summed E-state index contributed by atoms with van der Waals surface area (Å²) in [6, 6.07) is 17.0. The van der Waals surface area contributed by atoms with Gasteiger partial charge in [-0.3, -0.25) is 14.4 Å². The molecule has 0 bridgehead atoms. The van der Waals surface area contributed by atoms with E-state index in [4.69, 9.17) is 15.6 Å². The molecule has 160 valence electrons. The number of nitrogens with zero attached hydrogens (tertiary/aromatic N) is 3. The average molecular weight is 418 g/mol. The molecule has 1 aliphatic rings. The molecule has 4 rings (SSSR count). The lowest BCUT2D eigenvalue weighted by molar-refractivity contribution is 0.0121. The van der Waals surface area contributed by atoms with Crippen LogP contribution >= 0.6 is 0 Å². The summed E-state index contributed by atoms with van der Waals surface area (Å²) in [5, 5.41) is 14.8. The number of para-hydroxylation sites is 1. The second kappa shape index (κ2) is 9.16. The molecule has 0 spiro atoms. The lowest BCUT2D eigenvalue weighted by Crippen LogP contribution is -2.42. The molecule has 0 saturated carbocycles. The summed E-state index contributed by atoms with van der Waals surface area (Å²) in [5.41, 5.74) is 7.34. The summed E-state index contributed by atoms with van der Waals surface area (Å²) in [5.74, 6) is 0.918. The van der Waals surface area contributed by atoms with Crippen LogP contribution < -0.4 is 10.5 Å². The van der Waals surface area contributed by atoms with Crippen molar-refractivity contribution in [3.8, 4) is 22.8 Å². The summed E-state index contributed by atoms with van der Waals surface area (Å²) >= 11 is 0. The molecule has 3 N–H and O–H groups in total. The molecule has 2 aromatic carbocycles. The number of carbonyl (C=O) groups excluding carboxylic acids is 1. The van der Waals surface area contributed by atoms with Crippen molar-refractivity contribution in [3.63, 3.8) is 0 Å². The molecular weight excluding hydrogens is 392 g/mol. The maximum Gasteiger partial charge on any atom is 0.252 e. The Labute approximate surface area is 181 Å². The van der Waals surface area contributed by atoms with Crippen molar-refractivity contribution in [2.75, 3.05) is 13.1 Å². The van der Waals surface area contributed by atoms with E-state index in [-0.39, 0.29) is 6.04 Å². The number of hydrogen-bond donors (Lipinski definition) is 2. The van der Waals surface area contributed by atoms with Gasteiger partial charge in [0.05, 0.1) is 11.6 Å². The predicted octanol–water partition coefficient (Wildman–Crippen LogP) is 3.58. The molecule has 2 atom stereocenters. The number of primary amides is 1. The summed E-state index contributed by atoms with van der Waals surface area (Å²) in [4.78, 5) is 14.0. The van der Waals surface area contributed by atoms with Crippen LogP contribution in [0.1, 0.15) is 29.2 Å². The Bertz CT molecular complexity index is 1050. The number of nitrogens with two attached hydrogens (primary N) is 1. The SMILES string of the molecule is C=CC(O)N1CCC[C@@H](n2cc(C(N)=O)c(-c3ccc(Oc4ccccc4)cc3)n2)C1. The Balaban J connectivity index is 1.57. The van der Waals surface area contributed by atoms with Gasteiger partial charge in [0, 0.05) is 24.8 Å². The number of hydrogen-bond acceptors (Lipinski definition) is 5. The quantitative estimate of drug-likeness (QED) is 0.572. The van der Waals surface area contributed by atoms with Crippen LogP contribution in [0.4, 0.5) is 0 Å². The van der Waals surface area contributed by atoms with E-state index in [2.05, 4.69) is 6.58 Å². The third-order valence-corrected chi connectivity index (χ3v) is 5.49. The molecule has 7 nitrogen and oxygen atoms in total. The highest BCUT2D eigenvalue weighted by Gasteiger charge is 2.27. The highest BCUT2D eigenvalue weighted by molar-refractivity contribution is 5.98. The molecule has 0 aliphatic carbocycles. The van der Waals surface area contributed by atoms with Gasteiger partial charge in [-0.1, -0.05) is 24.8 Å². The standard InChI is InChI=1S/C24H26N4O3/c1-2-22(29)27-14-6-7-18(15-27)28-16-21(24(25)30)23(26-28)17-10-12-20(13-11-17)31-19-8-4-3-5-9-19/h2-5,8-13,16,18,22,29H,1,6-7,14-15H2,(H2,25,30)/t18-,22?/m1/s1. The minimum Gasteiger partial charge on any atom is -0.457 e. The van der Waals surface area contributed by atoms with Crippen molar-refractivity contribution in [2.24, 2.45) is 5.73 Å². The summed E-state index contributed by atoms with van der Waals surface area (Å²) in [6.07, 6.45) is 4.36. The molecular formula is C24H26N4O3. The van der Waals surface area contributed by atoms with Gasteiger partial charge in [-0.15, -0.1) is 0 Å². The number of carbonyl (C=O) groups is 1. The van der Waals surface area contributed by atoms with Crippen molar-refractivity contribution in [2.45, 2.75) is 25.1 Å². The van der Waals surface area contributed by atoms with Crippen LogP contribution in [0.5, 0.6) is 11.5 Å². The van der Waals surface area contributed by atoms with Gasteiger partial charge in [0.2, 0.25) is 0 Å². The van der Waals surface area contributed by atoms with Crippen LogP contribution in [0, 0.1) is 0 Å². The Kier molecular flexibility index (Phi) is 6.16. The zero-order valence-electron chi connectivity index (χ0n) is 17.2. The molecule has 1 unspecified atom stereocenters. The van der Waals surface area contributed by atoms with Crippen LogP contribution in [0.15, 0.2) is 73.4 Å². The third kappa shape index (κ3) is 4.68. The van der Waals surface area contributed by atoms with Crippen molar-refractivity contribution in [1.82, 2.24) is 14.7 Å². The molecule has 1 aliphatic heterocycles. The van der Waals surface area contributed by atoms with Crippen molar-refractivity contribution in [3.05, 3.63) is 79.0 Å². The number of ether oxygens (including phenoxy) is 1. The first-order valence-electron chi connectivity index (χ1n) is 10.3. The predicted molar refractivity (Wildman–Crippen MR) is 119 cm³/mol. The fourth-order valence-electron chi connectivity index (χ4n) is 3.87. The highest BCUT2D eigenvalue weighted by atomic mass is 16.5. The topological polar surface area (TPSA) is 93.6 Å². The van der Waals surface area contributed by atoms with Gasteiger partial charge < -0.3 is 15.6 Å². The van der Waals surface area contributed by atoms with E-state index in [9.17, 15) is 9.90 Å². The number of aliphatic hydroxyl groups excluding tert-OH is 1. The number of likely N-dealkylation sites (tertiary alicyclic amines) is 1. The van der Waals surface area contributed by atoms with E-state index in [1.54, 1.807) is 10.9 Å². The molecule has 1 amide bonds. The minimum absolute atomic E-state index is 0.0379. The first-order chi connectivity index (χ1) is 15.0. The van der Waals surface area contributed by atoms with E-state index < -0.39 is 12.1 Å². The fraction of sp³-hybridized carbons (Fsp3) is 0.250. The number of rotatable bonds is 7. The second-order valence-electron chi connectivity index (χ2n) is 7.62. The van der Waals surface area contributed by atoms with Crippen LogP contribution in [-0.2, 0) is 0 Å². The second-order valence-corrected chi connectivity index (χ2v) is 7.62. The molecule has 7 heteroatoms. The van der Waals surface area contributed by atoms with E-state index in [1.807, 2.05) is 59.5 Å². The zero-order chi connectivity index (χ0) is 21.8. The number of aliphatic hydroxyl groups is 1. The summed E-state index contributed by atoms with van der Waals surface area (Å²) in [6.45, 7) is 5.08. The fourth-order valence-corrected chi connectivity index (χ4v) is 3.87. The van der Waals surface area contributed by atoms with Gasteiger partial charge in [0.25, 0.3) is 5.91 Å². The van der Waals surface area contributed by atoms with Crippen LogP contribution in [-0.4, -0.2) is 45.0 Å². The summed E-state index contributed by atoms with van der Waals surface area (Å²) in [7, 11) is 0. The third-order valence-electron chi connectivity index (χ3n) is 5.49. The van der Waals surface area contributed by atoms with Crippen LogP contribution in [0.3, 0.4) is 0 Å². The Hall–Kier alpha value is -3.42. The van der Waals surface area contributed by atoms with Gasteiger partial charge in [-0.2, -0.15) is 5.10 Å². The molecule has 1 aromatic heterocycles. The average Bonchev–Trinajstić information content (AvgIpc) is 3.26. The van der Waals surface area contributed by atoms with Gasteiger partial charge >= 0.3 is 0 Å². The van der Waals surface area contributed by atoms with Crippen LogP contribution in [0.25, 0.3) is 11.3 Å². The van der Waals surface area contributed by atoms with E-state index >= 15 is 0 Å². The lowest BCUT2D eigenvalue weighted by Gasteiger charge is -2.34. The highest BCUT2D eigenvalue weighted by Crippen LogP contribution is 2.29. The maximum absolute atomic E-state index is 12.1. The number of benzene rings is 2. The minimum atomic E-state index is -0.689. The maximum atomic E-state index is 12.1. The molecule has 2 heterocycles. The van der Waals surface area contributed by atoms with Gasteiger partial charge in [0.1, 0.15) is 23.4 Å². The first-order valence-corrected chi connectivity index (χ1v) is 10.3. The smallest absolute Gasteiger partial charge is 0.252 e. The molecule has 1 saturated heterocycles. The molecule has 3 aromatic rings. The lowest BCUT2D eigenvalue weighted by atomic mass is 10.1. The number of amides is 1. The monoisotopic (exact) mass is 418 g/mol. The van der Waals surface area contributed by atoms with E-state index in [0.717, 1.165) is 30.7 Å². The van der Waals surface area contributed by atoms with Crippen molar-refractivity contribution >= 4 is 5.91 Å². The normalized spacial score (nSPS) is 17.8. The number of aromatic nitrogens is 2. The largest absolute Gasteiger partial charge is 0.457 e. The molecule has 1 fully saturated rings. The van der Waals surface area contributed by atoms with E-state index in [1.165, 1.54) is 6.08 Å². The first kappa shape index (κ1) is 20.8. The van der Waals surface area contributed by atoms with Crippen molar-refractivity contribution < 1.29 is 14.6 Å². The Morgan fingerprint density at radius 2 is 1.90 bits per heavy atom. The van der Waals surface area contributed by atoms with Gasteiger partial charge in [0.15, 0.2) is 0 Å². The zero-order valence-corrected chi connectivity index (χ0v) is 17.2. The molecule has 31 heavy (non-hydrogen) atoms. The van der Waals surface area contributed by atoms with Crippen LogP contribution in [0.2, 0.25) is 0 Å². The van der Waals surface area contributed by atoms with Gasteiger partial charge in [-0.05, 0) is 55.3 Å². The molecule has 0 radical (unpaired) electrons. The van der Waals surface area contributed by atoms with Gasteiger partial charge in [-0.25, -0.2) is 0 Å². The van der Waals surface area contributed by atoms with E-state index in [0.29, 0.717) is 23.6 Å². The Morgan fingerprint density at radius 1 is 1.19 bits per heavy atom. The Morgan fingerprint density at radius 3 is 2.58 bits per heavy atom. The van der Waals surface area contributed by atoms with Crippen molar-refractivity contribution in [1.29, 1.82) is 0 Å². The summed E-state index contributed by atoms with van der Waals surface area (Å²) < 4.78 is 7.63.